The van der Waals surface area contributed by atoms with Gasteiger partial charge in [-0.05, 0) is 63.6 Å². The molecule has 0 spiro atoms. The number of carbonyl (C=O) groups is 3. The molecule has 0 saturated heterocycles. The molecular weight excluding hydrogens is 499 g/mol. The summed E-state index contributed by atoms with van der Waals surface area (Å²) in [5.41, 5.74) is 5.05. The second-order valence-electron chi connectivity index (χ2n) is 9.29. The maximum Gasteiger partial charge on any atom is 0.268 e. The van der Waals surface area contributed by atoms with Gasteiger partial charge in [0.1, 0.15) is 11.5 Å². The van der Waals surface area contributed by atoms with Gasteiger partial charge in [-0.3, -0.25) is 29.6 Å². The Balaban J connectivity index is 1.76. The maximum absolute atomic E-state index is 13.3. The molecule has 0 aliphatic carbocycles. The van der Waals surface area contributed by atoms with Crippen LogP contribution in [-0.2, 0) is 15.1 Å². The van der Waals surface area contributed by atoms with Crippen molar-refractivity contribution in [2.75, 3.05) is 25.1 Å². The number of primary amides is 1. The Morgan fingerprint density at radius 2 is 1.76 bits per heavy atom. The highest BCUT2D eigenvalue weighted by molar-refractivity contribution is 6.47. The van der Waals surface area contributed by atoms with Crippen LogP contribution in [0, 0.1) is 5.82 Å². The number of hydrogen-bond donors (Lipinski definition) is 4. The molecule has 3 amide bonds. The van der Waals surface area contributed by atoms with Crippen molar-refractivity contribution in [3.05, 3.63) is 64.4 Å². The third-order valence-corrected chi connectivity index (χ3v) is 6.57. The van der Waals surface area contributed by atoms with Crippen LogP contribution in [0.4, 0.5) is 10.1 Å². The normalized spacial score (nSPS) is 17.3. The van der Waals surface area contributed by atoms with Crippen LogP contribution in [0.1, 0.15) is 43.6 Å². The third-order valence-electron chi connectivity index (χ3n) is 6.25. The van der Waals surface area contributed by atoms with Gasteiger partial charge in [-0.1, -0.05) is 23.7 Å². The van der Waals surface area contributed by atoms with E-state index < -0.39 is 29.1 Å². The second-order valence-corrected chi connectivity index (χ2v) is 9.70. The van der Waals surface area contributed by atoms with Gasteiger partial charge in [-0.2, -0.15) is 0 Å². The first kappa shape index (κ1) is 28.2. The lowest BCUT2D eigenvalue weighted by molar-refractivity contribution is -0.123. The van der Waals surface area contributed by atoms with E-state index in [-0.39, 0.29) is 23.0 Å². The Kier molecular flexibility index (Phi) is 9.01. The predicted molar refractivity (Wildman–Crippen MR) is 142 cm³/mol. The lowest BCUT2D eigenvalue weighted by Gasteiger charge is -2.31. The van der Waals surface area contributed by atoms with Crippen LogP contribution in [0.3, 0.4) is 0 Å². The van der Waals surface area contributed by atoms with Crippen molar-refractivity contribution in [1.29, 1.82) is 0 Å². The van der Waals surface area contributed by atoms with Gasteiger partial charge >= 0.3 is 0 Å². The Bertz CT molecular complexity index is 1190. The van der Waals surface area contributed by atoms with Crippen LogP contribution in [0.5, 0.6) is 0 Å². The van der Waals surface area contributed by atoms with Crippen LogP contribution >= 0.6 is 11.6 Å². The summed E-state index contributed by atoms with van der Waals surface area (Å²) in [7, 11) is 0. The topological polar surface area (TPSA) is 129 Å². The number of hydrogen-bond acceptors (Lipinski definition) is 6. The van der Waals surface area contributed by atoms with E-state index in [2.05, 4.69) is 53.5 Å². The van der Waals surface area contributed by atoms with Crippen molar-refractivity contribution in [3.63, 3.8) is 0 Å². The van der Waals surface area contributed by atoms with E-state index in [1.807, 2.05) is 0 Å². The van der Waals surface area contributed by atoms with Gasteiger partial charge in [0.2, 0.25) is 5.91 Å². The van der Waals surface area contributed by atoms with E-state index in [4.69, 9.17) is 17.3 Å². The monoisotopic (exact) mass is 530 g/mol. The van der Waals surface area contributed by atoms with Gasteiger partial charge in [0, 0.05) is 30.9 Å². The van der Waals surface area contributed by atoms with E-state index in [0.717, 1.165) is 12.1 Å². The summed E-state index contributed by atoms with van der Waals surface area (Å²) in [5.74, 6) is -2.34. The summed E-state index contributed by atoms with van der Waals surface area (Å²) in [6.07, 6.45) is 0. The van der Waals surface area contributed by atoms with Gasteiger partial charge in [0.25, 0.3) is 11.8 Å². The smallest absolute Gasteiger partial charge is 0.268 e. The van der Waals surface area contributed by atoms with Gasteiger partial charge in [-0.25, -0.2) is 4.39 Å². The molecule has 2 aromatic carbocycles. The van der Waals surface area contributed by atoms with Crippen molar-refractivity contribution < 1.29 is 18.8 Å². The van der Waals surface area contributed by atoms with Crippen LogP contribution in [0.25, 0.3) is 0 Å². The fraction of sp³-hybridized carbons (Fsp3) is 0.385. The van der Waals surface area contributed by atoms with Crippen molar-refractivity contribution in [1.82, 2.24) is 15.5 Å². The van der Waals surface area contributed by atoms with Gasteiger partial charge < -0.3 is 16.4 Å². The standard InChI is InChI=1S/C26H32ClFN6O3/c1-15(2)34(16(3)4)12-11-30-24(36)22-26(25(29)37,32-14-31-22)17-5-8-19(9-6-17)33-23(35)20-10-7-18(28)13-21(20)27/h5-10,13,15-16,32H,11-12,14H2,1-4H3,(H2,29,37)(H,30,36)(H,33,35). The van der Waals surface area contributed by atoms with E-state index in [0.29, 0.717) is 36.4 Å². The fourth-order valence-corrected chi connectivity index (χ4v) is 4.69. The lowest BCUT2D eigenvalue weighted by Crippen LogP contribution is -2.58. The highest BCUT2D eigenvalue weighted by Crippen LogP contribution is 2.28. The number of nitrogens with zero attached hydrogens (tertiary/aromatic N) is 2. The number of benzene rings is 2. The lowest BCUT2D eigenvalue weighted by atomic mass is 9.84. The number of halogens is 2. The quantitative estimate of drug-likeness (QED) is 0.375. The minimum Gasteiger partial charge on any atom is -0.367 e. The van der Waals surface area contributed by atoms with Crippen LogP contribution in [-0.4, -0.2) is 60.2 Å². The van der Waals surface area contributed by atoms with Gasteiger partial charge in [-0.15, -0.1) is 0 Å². The molecule has 0 bridgehead atoms. The zero-order chi connectivity index (χ0) is 27.3. The number of amides is 3. The number of carbonyl (C=O) groups excluding carboxylic acids is 3. The summed E-state index contributed by atoms with van der Waals surface area (Å²) in [4.78, 5) is 44.8. The van der Waals surface area contributed by atoms with E-state index >= 15 is 0 Å². The number of aliphatic imine (C=N–C) groups is 1. The molecule has 3 rings (SSSR count). The van der Waals surface area contributed by atoms with Crippen molar-refractivity contribution in [2.24, 2.45) is 10.7 Å². The number of nitrogens with one attached hydrogen (secondary N) is 3. The van der Waals surface area contributed by atoms with Crippen molar-refractivity contribution in [2.45, 2.75) is 45.3 Å². The zero-order valence-corrected chi connectivity index (χ0v) is 22.0. The molecule has 1 unspecified atom stereocenters. The third kappa shape index (κ3) is 6.15. The first-order valence-corrected chi connectivity index (χ1v) is 12.4. The fourth-order valence-electron chi connectivity index (χ4n) is 4.44. The molecule has 198 valence electrons. The molecule has 2 aromatic rings. The van der Waals surface area contributed by atoms with Crippen LogP contribution < -0.4 is 21.7 Å². The predicted octanol–water partition coefficient (Wildman–Crippen LogP) is 2.65. The first-order valence-electron chi connectivity index (χ1n) is 12.0. The van der Waals surface area contributed by atoms with E-state index in [9.17, 15) is 18.8 Å². The van der Waals surface area contributed by atoms with Gasteiger partial charge in [0.15, 0.2) is 5.54 Å². The van der Waals surface area contributed by atoms with Crippen molar-refractivity contribution in [3.8, 4) is 0 Å². The molecule has 0 radical (unpaired) electrons. The molecule has 1 aliphatic heterocycles. The molecule has 1 aliphatic rings. The Labute approximate surface area is 220 Å². The molecule has 5 N–H and O–H groups in total. The average Bonchev–Trinajstić information content (AvgIpc) is 3.28. The van der Waals surface area contributed by atoms with E-state index in [1.165, 1.54) is 6.07 Å². The highest BCUT2D eigenvalue weighted by Gasteiger charge is 2.49. The minimum absolute atomic E-state index is 0.0180. The number of nitrogens with two attached hydrogens (primary N) is 1. The minimum atomic E-state index is -1.62. The highest BCUT2D eigenvalue weighted by atomic mass is 35.5. The SMILES string of the molecule is CC(C)N(CCNC(=O)C1=NCNC1(C(N)=O)c1ccc(NC(=O)c2ccc(F)cc2Cl)cc1)C(C)C. The maximum atomic E-state index is 13.3. The summed E-state index contributed by atoms with van der Waals surface area (Å²) >= 11 is 5.97. The summed E-state index contributed by atoms with van der Waals surface area (Å²) in [6, 6.07) is 10.4. The molecule has 11 heteroatoms. The molecule has 1 atom stereocenters. The Morgan fingerprint density at radius 3 is 2.32 bits per heavy atom. The first-order chi connectivity index (χ1) is 17.5. The average molecular weight is 531 g/mol. The van der Waals surface area contributed by atoms with Crippen molar-refractivity contribution >= 4 is 40.7 Å². The summed E-state index contributed by atoms with van der Waals surface area (Å²) in [5, 5.41) is 8.47. The van der Waals surface area contributed by atoms with Gasteiger partial charge in [0.05, 0.1) is 17.3 Å². The zero-order valence-electron chi connectivity index (χ0n) is 21.3. The molecule has 37 heavy (non-hydrogen) atoms. The number of anilines is 1. The summed E-state index contributed by atoms with van der Waals surface area (Å²) in [6.45, 7) is 9.40. The van der Waals surface area contributed by atoms with Crippen LogP contribution in [0.15, 0.2) is 47.5 Å². The molecule has 0 fully saturated rings. The molecule has 1 heterocycles. The Morgan fingerprint density at radius 1 is 1.11 bits per heavy atom. The van der Waals surface area contributed by atoms with Crippen LogP contribution in [0.2, 0.25) is 5.02 Å². The second kappa shape index (κ2) is 11.8. The Hall–Kier alpha value is -3.34. The number of rotatable bonds is 10. The largest absolute Gasteiger partial charge is 0.367 e. The molecule has 0 saturated carbocycles. The molecular formula is C26H32ClFN6O3. The van der Waals surface area contributed by atoms with E-state index in [1.54, 1.807) is 24.3 Å². The molecule has 9 nitrogen and oxygen atoms in total. The molecule has 0 aromatic heterocycles. The summed E-state index contributed by atoms with van der Waals surface area (Å²) < 4.78 is 13.3.